The Morgan fingerprint density at radius 1 is 1.47 bits per heavy atom. The van der Waals surface area contributed by atoms with Crippen LogP contribution >= 0.6 is 12.4 Å². The van der Waals surface area contributed by atoms with E-state index in [0.717, 1.165) is 0 Å². The number of aliphatic hydroxyl groups excluding tert-OH is 1. The van der Waals surface area contributed by atoms with Gasteiger partial charge in [-0.25, -0.2) is 4.39 Å². The number of rotatable bonds is 3. The molecule has 0 amide bonds. The minimum Gasteiger partial charge on any atom is -0.391 e. The lowest BCUT2D eigenvalue weighted by atomic mass is 9.96. The van der Waals surface area contributed by atoms with Crippen molar-refractivity contribution in [2.24, 2.45) is 5.73 Å². The van der Waals surface area contributed by atoms with Crippen molar-refractivity contribution < 1.29 is 9.50 Å². The third kappa shape index (κ3) is 3.16. The van der Waals surface area contributed by atoms with Crippen LogP contribution in [-0.4, -0.2) is 11.2 Å². The summed E-state index contributed by atoms with van der Waals surface area (Å²) >= 11 is 0. The van der Waals surface area contributed by atoms with Gasteiger partial charge in [0.05, 0.1) is 12.1 Å². The lowest BCUT2D eigenvalue weighted by Gasteiger charge is -2.19. The summed E-state index contributed by atoms with van der Waals surface area (Å²) in [5.74, 6) is -0.277. The molecule has 0 bridgehead atoms. The summed E-state index contributed by atoms with van der Waals surface area (Å²) in [4.78, 5) is 0. The lowest BCUT2D eigenvalue weighted by Crippen LogP contribution is -2.26. The van der Waals surface area contributed by atoms with Crippen LogP contribution in [0.2, 0.25) is 0 Å². The van der Waals surface area contributed by atoms with Gasteiger partial charge in [-0.15, -0.1) is 12.4 Å². The predicted octanol–water partition coefficient (Wildman–Crippen LogP) is 2.33. The molecule has 15 heavy (non-hydrogen) atoms. The maximum atomic E-state index is 13.2. The van der Waals surface area contributed by atoms with Crippen LogP contribution in [-0.2, 0) is 0 Å². The Bertz CT molecular complexity index is 319. The summed E-state index contributed by atoms with van der Waals surface area (Å²) in [6.07, 6.45) is -0.0487. The molecule has 1 rings (SSSR count). The molecule has 1 aromatic carbocycles. The molecule has 1 aromatic rings. The number of halogens is 2. The maximum absolute atomic E-state index is 13.2. The van der Waals surface area contributed by atoms with Gasteiger partial charge in [0.25, 0.3) is 0 Å². The van der Waals surface area contributed by atoms with Crippen molar-refractivity contribution in [3.05, 3.63) is 35.1 Å². The molecule has 0 saturated heterocycles. The minimum atomic E-state index is -0.615. The van der Waals surface area contributed by atoms with Gasteiger partial charge in [0.1, 0.15) is 5.82 Å². The van der Waals surface area contributed by atoms with Gasteiger partial charge in [0, 0.05) is 0 Å². The predicted molar refractivity (Wildman–Crippen MR) is 61.6 cm³/mol. The Kier molecular flexibility index (Phi) is 5.80. The number of hydrogen-bond acceptors (Lipinski definition) is 2. The van der Waals surface area contributed by atoms with Gasteiger partial charge in [-0.2, -0.15) is 0 Å². The number of hydrogen-bond donors (Lipinski definition) is 2. The molecule has 0 aliphatic rings. The molecule has 0 aromatic heterocycles. The van der Waals surface area contributed by atoms with Crippen LogP contribution in [0.5, 0.6) is 0 Å². The highest BCUT2D eigenvalue weighted by atomic mass is 35.5. The molecule has 4 heteroatoms. The Hall–Kier alpha value is -0.640. The second kappa shape index (κ2) is 6.05. The van der Waals surface area contributed by atoms with E-state index in [9.17, 15) is 9.50 Å². The summed E-state index contributed by atoms with van der Waals surface area (Å²) in [5.41, 5.74) is 7.00. The quantitative estimate of drug-likeness (QED) is 0.842. The Morgan fingerprint density at radius 3 is 2.60 bits per heavy atom. The zero-order valence-electron chi connectivity index (χ0n) is 8.90. The number of aliphatic hydroxyl groups is 1. The maximum Gasteiger partial charge on any atom is 0.126 e. The van der Waals surface area contributed by atoms with E-state index < -0.39 is 12.1 Å². The SMILES string of the molecule is CC[C@H](O)[C@H](N)c1cccc(F)c1C.Cl. The van der Waals surface area contributed by atoms with Crippen LogP contribution in [0.15, 0.2) is 18.2 Å². The molecule has 2 atom stereocenters. The summed E-state index contributed by atoms with van der Waals surface area (Å²) in [5, 5.41) is 9.55. The van der Waals surface area contributed by atoms with Gasteiger partial charge in [-0.1, -0.05) is 19.1 Å². The zero-order chi connectivity index (χ0) is 10.7. The molecule has 0 aliphatic heterocycles. The van der Waals surface area contributed by atoms with E-state index in [1.54, 1.807) is 19.1 Å². The van der Waals surface area contributed by atoms with E-state index in [4.69, 9.17) is 5.73 Å². The molecule has 0 heterocycles. The molecule has 0 radical (unpaired) electrons. The Labute approximate surface area is 95.7 Å². The van der Waals surface area contributed by atoms with Crippen LogP contribution in [0.4, 0.5) is 4.39 Å². The number of nitrogens with two attached hydrogens (primary N) is 1. The fourth-order valence-electron chi connectivity index (χ4n) is 1.45. The van der Waals surface area contributed by atoms with Crippen LogP contribution in [0.3, 0.4) is 0 Å². The number of benzene rings is 1. The topological polar surface area (TPSA) is 46.2 Å². The molecule has 3 N–H and O–H groups in total. The van der Waals surface area contributed by atoms with Gasteiger partial charge in [0.2, 0.25) is 0 Å². The average Bonchev–Trinajstić information content (AvgIpc) is 2.20. The van der Waals surface area contributed by atoms with Crippen molar-refractivity contribution in [3.63, 3.8) is 0 Å². The molecular weight excluding hydrogens is 217 g/mol. The third-order valence-electron chi connectivity index (χ3n) is 2.50. The van der Waals surface area contributed by atoms with E-state index in [2.05, 4.69) is 0 Å². The Balaban J connectivity index is 0.00000196. The van der Waals surface area contributed by atoms with Crippen LogP contribution in [0.25, 0.3) is 0 Å². The first-order chi connectivity index (χ1) is 6.57. The highest BCUT2D eigenvalue weighted by Crippen LogP contribution is 2.21. The van der Waals surface area contributed by atoms with Crippen molar-refractivity contribution in [3.8, 4) is 0 Å². The third-order valence-corrected chi connectivity index (χ3v) is 2.50. The smallest absolute Gasteiger partial charge is 0.126 e. The molecule has 86 valence electrons. The lowest BCUT2D eigenvalue weighted by molar-refractivity contribution is 0.140. The summed E-state index contributed by atoms with van der Waals surface area (Å²) < 4.78 is 13.2. The van der Waals surface area contributed by atoms with Crippen LogP contribution in [0, 0.1) is 12.7 Å². The van der Waals surface area contributed by atoms with Gasteiger partial charge in [-0.05, 0) is 30.5 Å². The first kappa shape index (κ1) is 14.4. The van der Waals surface area contributed by atoms with Gasteiger partial charge < -0.3 is 10.8 Å². The Morgan fingerprint density at radius 2 is 2.07 bits per heavy atom. The van der Waals surface area contributed by atoms with Crippen LogP contribution < -0.4 is 5.73 Å². The monoisotopic (exact) mass is 233 g/mol. The van der Waals surface area contributed by atoms with E-state index >= 15 is 0 Å². The van der Waals surface area contributed by atoms with Gasteiger partial charge >= 0.3 is 0 Å². The van der Waals surface area contributed by atoms with Gasteiger partial charge in [0.15, 0.2) is 0 Å². The molecule has 2 nitrogen and oxygen atoms in total. The van der Waals surface area contributed by atoms with E-state index in [1.165, 1.54) is 6.07 Å². The second-order valence-electron chi connectivity index (χ2n) is 3.46. The standard InChI is InChI=1S/C11H16FNO.ClH/c1-3-10(14)11(13)8-5-4-6-9(12)7(8)2;/h4-6,10-11,14H,3,13H2,1-2H3;1H/t10-,11+;/m0./s1. The molecule has 0 saturated carbocycles. The zero-order valence-corrected chi connectivity index (χ0v) is 9.72. The first-order valence-electron chi connectivity index (χ1n) is 4.76. The highest BCUT2D eigenvalue weighted by molar-refractivity contribution is 5.85. The fourth-order valence-corrected chi connectivity index (χ4v) is 1.45. The van der Waals surface area contributed by atoms with E-state index in [-0.39, 0.29) is 18.2 Å². The van der Waals surface area contributed by atoms with Crippen molar-refractivity contribution in [2.45, 2.75) is 32.4 Å². The highest BCUT2D eigenvalue weighted by Gasteiger charge is 2.17. The minimum absolute atomic E-state index is 0. The fraction of sp³-hybridized carbons (Fsp3) is 0.455. The summed E-state index contributed by atoms with van der Waals surface area (Å²) in [7, 11) is 0. The molecule has 0 unspecified atom stereocenters. The first-order valence-corrected chi connectivity index (χ1v) is 4.76. The van der Waals surface area contributed by atoms with Crippen molar-refractivity contribution in [2.75, 3.05) is 0 Å². The van der Waals surface area contributed by atoms with Crippen molar-refractivity contribution in [1.29, 1.82) is 0 Å². The molecule has 0 spiro atoms. The largest absolute Gasteiger partial charge is 0.391 e. The van der Waals surface area contributed by atoms with Crippen LogP contribution in [0.1, 0.15) is 30.5 Å². The molecule has 0 fully saturated rings. The average molecular weight is 234 g/mol. The second-order valence-corrected chi connectivity index (χ2v) is 3.46. The normalized spacial score (nSPS) is 14.2. The molecule has 0 aliphatic carbocycles. The summed E-state index contributed by atoms with van der Waals surface area (Å²) in [6, 6.07) is 4.25. The van der Waals surface area contributed by atoms with Gasteiger partial charge in [-0.3, -0.25) is 0 Å². The van der Waals surface area contributed by atoms with E-state index in [1.807, 2.05) is 6.92 Å². The summed E-state index contributed by atoms with van der Waals surface area (Å²) in [6.45, 7) is 3.52. The molecular formula is C11H17ClFNO. The van der Waals surface area contributed by atoms with Crippen molar-refractivity contribution in [1.82, 2.24) is 0 Å². The van der Waals surface area contributed by atoms with E-state index in [0.29, 0.717) is 17.5 Å². The van der Waals surface area contributed by atoms with Crippen molar-refractivity contribution >= 4 is 12.4 Å².